The maximum Gasteiger partial charge on any atom is 0.271 e. The maximum absolute atomic E-state index is 10.7. The molecule has 0 amide bonds. The predicted molar refractivity (Wildman–Crippen MR) is 95.3 cm³/mol. The number of hydrogen-bond acceptors (Lipinski definition) is 8. The van der Waals surface area contributed by atoms with Crippen LogP contribution in [0.4, 0.5) is 5.69 Å². The van der Waals surface area contributed by atoms with E-state index in [1.54, 1.807) is 25.3 Å². The monoisotopic (exact) mass is 391 g/mol. The summed E-state index contributed by atoms with van der Waals surface area (Å²) >= 11 is 5.98. The number of aromatic nitrogens is 2. The van der Waals surface area contributed by atoms with Crippen LogP contribution in [0, 0.1) is 10.1 Å². The van der Waals surface area contributed by atoms with E-state index in [9.17, 15) is 10.1 Å². The van der Waals surface area contributed by atoms with Crippen molar-refractivity contribution in [2.75, 3.05) is 14.2 Å². The lowest BCUT2D eigenvalue weighted by Crippen LogP contribution is -1.97. The molecule has 3 aromatic rings. The second-order valence-corrected chi connectivity index (χ2v) is 5.65. The van der Waals surface area contributed by atoms with Gasteiger partial charge >= 0.3 is 0 Å². The average Bonchev–Trinajstić information content (AvgIpc) is 3.15. The molecular formula is C17H14ClN3O6. The number of nitro benzene ring substituents is 1. The van der Waals surface area contributed by atoms with Crippen LogP contribution in [0.3, 0.4) is 0 Å². The molecule has 1 heterocycles. The fourth-order valence-electron chi connectivity index (χ4n) is 2.27. The third kappa shape index (κ3) is 4.09. The molecule has 0 aliphatic heterocycles. The van der Waals surface area contributed by atoms with Crippen LogP contribution in [0.15, 0.2) is 40.9 Å². The summed E-state index contributed by atoms with van der Waals surface area (Å²) < 4.78 is 21.1. The summed E-state index contributed by atoms with van der Waals surface area (Å²) in [4.78, 5) is 14.4. The largest absolute Gasteiger partial charge is 0.493 e. The van der Waals surface area contributed by atoms with Crippen molar-refractivity contribution in [2.24, 2.45) is 0 Å². The topological polar surface area (TPSA) is 110 Å². The van der Waals surface area contributed by atoms with Crippen LogP contribution in [0.1, 0.15) is 5.89 Å². The van der Waals surface area contributed by atoms with Crippen molar-refractivity contribution in [1.29, 1.82) is 0 Å². The average molecular weight is 392 g/mol. The molecule has 3 rings (SSSR count). The molecule has 0 aliphatic carbocycles. The second kappa shape index (κ2) is 7.92. The van der Waals surface area contributed by atoms with Gasteiger partial charge in [-0.05, 0) is 24.3 Å². The van der Waals surface area contributed by atoms with Crippen LogP contribution in [0.2, 0.25) is 5.02 Å². The zero-order valence-electron chi connectivity index (χ0n) is 14.3. The van der Waals surface area contributed by atoms with Crippen LogP contribution in [-0.2, 0) is 6.61 Å². The Bertz CT molecular complexity index is 975. The molecule has 0 saturated heterocycles. The minimum Gasteiger partial charge on any atom is -0.493 e. The Balaban J connectivity index is 1.72. The zero-order valence-corrected chi connectivity index (χ0v) is 15.1. The molecule has 0 spiro atoms. The van der Waals surface area contributed by atoms with Crippen LogP contribution in [0.5, 0.6) is 17.2 Å². The van der Waals surface area contributed by atoms with Gasteiger partial charge in [0.15, 0.2) is 18.1 Å². The highest BCUT2D eigenvalue weighted by molar-refractivity contribution is 6.32. The highest BCUT2D eigenvalue weighted by Gasteiger charge is 2.14. The number of nitro groups is 1. The van der Waals surface area contributed by atoms with Gasteiger partial charge < -0.3 is 18.7 Å². The van der Waals surface area contributed by atoms with Crippen molar-refractivity contribution in [3.05, 3.63) is 57.4 Å². The van der Waals surface area contributed by atoms with E-state index in [2.05, 4.69) is 10.1 Å². The first-order valence-electron chi connectivity index (χ1n) is 7.63. The molecule has 0 radical (unpaired) electrons. The number of ether oxygens (including phenoxy) is 3. The van der Waals surface area contributed by atoms with Crippen LogP contribution in [0.25, 0.3) is 11.4 Å². The molecular weight excluding hydrogens is 378 g/mol. The van der Waals surface area contributed by atoms with Gasteiger partial charge in [-0.2, -0.15) is 4.98 Å². The van der Waals surface area contributed by atoms with Gasteiger partial charge in [0.05, 0.1) is 24.2 Å². The number of methoxy groups -OCH3 is 2. The smallest absolute Gasteiger partial charge is 0.271 e. The van der Waals surface area contributed by atoms with E-state index in [0.29, 0.717) is 22.9 Å². The minimum atomic E-state index is -0.539. The Hall–Kier alpha value is -3.33. The summed E-state index contributed by atoms with van der Waals surface area (Å²) in [5, 5.41) is 14.7. The van der Waals surface area contributed by atoms with Crippen molar-refractivity contribution in [2.45, 2.75) is 6.61 Å². The van der Waals surface area contributed by atoms with Gasteiger partial charge in [0.1, 0.15) is 5.75 Å². The molecule has 0 saturated carbocycles. The number of rotatable bonds is 7. The maximum atomic E-state index is 10.7. The molecule has 2 aromatic carbocycles. The van der Waals surface area contributed by atoms with E-state index in [0.717, 1.165) is 0 Å². The second-order valence-electron chi connectivity index (χ2n) is 5.24. The first kappa shape index (κ1) is 18.5. The Morgan fingerprint density at radius 3 is 2.52 bits per heavy atom. The van der Waals surface area contributed by atoms with Gasteiger partial charge in [0.25, 0.3) is 11.6 Å². The molecule has 0 unspecified atom stereocenters. The van der Waals surface area contributed by atoms with Crippen molar-refractivity contribution in [3.63, 3.8) is 0 Å². The normalized spacial score (nSPS) is 10.5. The van der Waals surface area contributed by atoms with Gasteiger partial charge in [-0.3, -0.25) is 10.1 Å². The molecule has 0 bridgehead atoms. The number of halogens is 1. The van der Waals surface area contributed by atoms with Gasteiger partial charge in [0, 0.05) is 17.7 Å². The van der Waals surface area contributed by atoms with Crippen molar-refractivity contribution < 1.29 is 23.7 Å². The first-order chi connectivity index (χ1) is 13.0. The number of hydrogen-bond donors (Lipinski definition) is 0. The summed E-state index contributed by atoms with van der Waals surface area (Å²) in [6.45, 7) is -0.0438. The summed E-state index contributed by atoms with van der Waals surface area (Å²) in [6.07, 6.45) is 0. The van der Waals surface area contributed by atoms with Crippen LogP contribution < -0.4 is 14.2 Å². The molecule has 0 N–H and O–H groups in total. The number of non-ortho nitro benzene ring substituents is 1. The Labute approximate surface area is 158 Å². The van der Waals surface area contributed by atoms with E-state index in [1.165, 1.54) is 25.3 Å². The number of benzene rings is 2. The Kier molecular flexibility index (Phi) is 5.41. The summed E-state index contributed by atoms with van der Waals surface area (Å²) in [7, 11) is 3.08. The van der Waals surface area contributed by atoms with Gasteiger partial charge in [-0.15, -0.1) is 0 Å². The quantitative estimate of drug-likeness (QED) is 0.440. The summed E-state index contributed by atoms with van der Waals surface area (Å²) in [5.41, 5.74) is 0.553. The van der Waals surface area contributed by atoms with Crippen molar-refractivity contribution in [3.8, 4) is 28.6 Å². The first-order valence-corrected chi connectivity index (χ1v) is 8.01. The molecule has 0 fully saturated rings. The van der Waals surface area contributed by atoms with E-state index in [4.69, 9.17) is 30.3 Å². The minimum absolute atomic E-state index is 0.0438. The predicted octanol–water partition coefficient (Wildman–Crippen LogP) is 3.89. The standard InChI is InChI=1S/C17H14ClN3O6/c1-24-14-5-3-10(7-15(14)25-2)17-19-16(27-20-17)9-26-13-6-4-11(21(22)23)8-12(13)18/h3-8H,9H2,1-2H3. The SMILES string of the molecule is COc1ccc(-c2noc(COc3ccc([N+](=O)[O-])cc3Cl)n2)cc1OC. The van der Waals surface area contributed by atoms with E-state index in [-0.39, 0.29) is 29.0 Å². The zero-order chi connectivity index (χ0) is 19.4. The molecule has 27 heavy (non-hydrogen) atoms. The molecule has 9 nitrogen and oxygen atoms in total. The van der Waals surface area contributed by atoms with Crippen molar-refractivity contribution in [1.82, 2.24) is 10.1 Å². The van der Waals surface area contributed by atoms with Crippen molar-refractivity contribution >= 4 is 17.3 Å². The lowest BCUT2D eigenvalue weighted by atomic mass is 10.2. The third-order valence-electron chi connectivity index (χ3n) is 3.59. The molecule has 0 atom stereocenters. The van der Waals surface area contributed by atoms with Crippen LogP contribution >= 0.6 is 11.6 Å². The molecule has 1 aromatic heterocycles. The fourth-order valence-corrected chi connectivity index (χ4v) is 2.50. The Morgan fingerprint density at radius 1 is 1.11 bits per heavy atom. The Morgan fingerprint density at radius 2 is 1.85 bits per heavy atom. The summed E-state index contributed by atoms with van der Waals surface area (Å²) in [5.74, 6) is 1.96. The lowest BCUT2D eigenvalue weighted by molar-refractivity contribution is -0.384. The molecule has 0 aliphatic rings. The van der Waals surface area contributed by atoms with E-state index >= 15 is 0 Å². The van der Waals surface area contributed by atoms with E-state index < -0.39 is 4.92 Å². The summed E-state index contributed by atoms with van der Waals surface area (Å²) in [6, 6.07) is 9.14. The van der Waals surface area contributed by atoms with Gasteiger partial charge in [-0.1, -0.05) is 16.8 Å². The van der Waals surface area contributed by atoms with Gasteiger partial charge in [-0.25, -0.2) is 0 Å². The lowest BCUT2D eigenvalue weighted by Gasteiger charge is -2.07. The fraction of sp³-hybridized carbons (Fsp3) is 0.176. The highest BCUT2D eigenvalue weighted by atomic mass is 35.5. The number of nitrogens with zero attached hydrogens (tertiary/aromatic N) is 3. The van der Waals surface area contributed by atoms with Crippen LogP contribution in [-0.4, -0.2) is 29.3 Å². The van der Waals surface area contributed by atoms with Gasteiger partial charge in [0.2, 0.25) is 5.82 Å². The molecule has 10 heteroatoms. The van der Waals surface area contributed by atoms with E-state index in [1.807, 2.05) is 0 Å². The third-order valence-corrected chi connectivity index (χ3v) is 3.88. The highest BCUT2D eigenvalue weighted by Crippen LogP contribution is 2.32. The molecule has 140 valence electrons.